The first-order valence-electron chi connectivity index (χ1n) is 8.77. The van der Waals surface area contributed by atoms with Crippen LogP contribution in [0.5, 0.6) is 0 Å². The van der Waals surface area contributed by atoms with Crippen molar-refractivity contribution < 1.29 is 18.0 Å². The van der Waals surface area contributed by atoms with E-state index < -0.39 is 42.5 Å². The fourth-order valence-corrected chi connectivity index (χ4v) is 3.20. The van der Waals surface area contributed by atoms with E-state index in [2.05, 4.69) is 15.6 Å². The van der Waals surface area contributed by atoms with E-state index in [0.29, 0.717) is 23.2 Å². The molecule has 3 N–H and O–H groups in total. The Morgan fingerprint density at radius 2 is 1.83 bits per heavy atom. The number of benzene rings is 1. The number of amides is 1. The molecule has 0 bridgehead atoms. The SMILES string of the molecule is Cl.O=C(Cn1c(=O)[nH]c2ccccc2c1=O)NCC(N1CCNCC1)C(F)(F)F. The summed E-state index contributed by atoms with van der Waals surface area (Å²) in [5.41, 5.74) is -1.15. The number of rotatable bonds is 5. The number of H-pyrrole nitrogens is 1. The van der Waals surface area contributed by atoms with Crippen LogP contribution in [0.25, 0.3) is 10.9 Å². The smallest absolute Gasteiger partial charge is 0.353 e. The second-order valence-electron chi connectivity index (χ2n) is 6.51. The van der Waals surface area contributed by atoms with E-state index in [1.807, 2.05) is 0 Å². The van der Waals surface area contributed by atoms with E-state index in [1.54, 1.807) is 18.2 Å². The molecule has 12 heteroatoms. The van der Waals surface area contributed by atoms with Gasteiger partial charge in [0.15, 0.2) is 0 Å². The first-order chi connectivity index (χ1) is 13.3. The van der Waals surface area contributed by atoms with E-state index in [4.69, 9.17) is 0 Å². The van der Waals surface area contributed by atoms with Gasteiger partial charge in [-0.2, -0.15) is 13.2 Å². The Morgan fingerprint density at radius 3 is 2.48 bits per heavy atom. The number of carbonyl (C=O) groups excluding carboxylic acids is 1. The predicted octanol–water partition coefficient (Wildman–Crippen LogP) is 0.0639. The van der Waals surface area contributed by atoms with E-state index in [0.717, 1.165) is 0 Å². The van der Waals surface area contributed by atoms with Crippen LogP contribution in [0.3, 0.4) is 0 Å². The van der Waals surface area contributed by atoms with Crippen molar-refractivity contribution >= 4 is 29.2 Å². The first-order valence-corrected chi connectivity index (χ1v) is 8.77. The van der Waals surface area contributed by atoms with Gasteiger partial charge in [0.05, 0.1) is 10.9 Å². The summed E-state index contributed by atoms with van der Waals surface area (Å²) >= 11 is 0. The molecule has 29 heavy (non-hydrogen) atoms. The molecule has 8 nitrogen and oxygen atoms in total. The number of nitrogens with zero attached hydrogens (tertiary/aromatic N) is 2. The number of piperazine rings is 1. The molecule has 0 saturated carbocycles. The highest BCUT2D eigenvalue weighted by atomic mass is 35.5. The minimum absolute atomic E-state index is 0. The number of hydrogen-bond acceptors (Lipinski definition) is 5. The average molecular weight is 436 g/mol. The molecular weight excluding hydrogens is 415 g/mol. The largest absolute Gasteiger partial charge is 0.405 e. The molecule has 1 unspecified atom stereocenters. The Labute approximate surface area is 169 Å². The molecule has 1 saturated heterocycles. The van der Waals surface area contributed by atoms with Crippen molar-refractivity contribution in [2.75, 3.05) is 32.7 Å². The van der Waals surface area contributed by atoms with Crippen LogP contribution in [0.2, 0.25) is 0 Å². The monoisotopic (exact) mass is 435 g/mol. The molecule has 160 valence electrons. The average Bonchev–Trinajstić information content (AvgIpc) is 2.65. The topological polar surface area (TPSA) is 99.2 Å². The molecule has 2 heterocycles. The maximum Gasteiger partial charge on any atom is 0.405 e. The van der Waals surface area contributed by atoms with Crippen LogP contribution >= 0.6 is 12.4 Å². The van der Waals surface area contributed by atoms with Gasteiger partial charge >= 0.3 is 11.9 Å². The first kappa shape index (κ1) is 22.9. The molecule has 1 amide bonds. The number of hydrogen-bond donors (Lipinski definition) is 3. The highest BCUT2D eigenvalue weighted by molar-refractivity contribution is 5.85. The molecule has 1 atom stereocenters. The van der Waals surface area contributed by atoms with Gasteiger partial charge < -0.3 is 15.6 Å². The molecule has 1 aliphatic heterocycles. The minimum atomic E-state index is -4.51. The zero-order chi connectivity index (χ0) is 20.3. The number of aromatic nitrogens is 2. The fraction of sp³-hybridized carbons (Fsp3) is 0.471. The molecule has 1 fully saturated rings. The highest BCUT2D eigenvalue weighted by Crippen LogP contribution is 2.24. The molecule has 0 radical (unpaired) electrons. The lowest BCUT2D eigenvalue weighted by molar-refractivity contribution is -0.184. The molecule has 2 aromatic rings. The van der Waals surface area contributed by atoms with Gasteiger partial charge in [0.25, 0.3) is 5.56 Å². The molecule has 1 aliphatic rings. The van der Waals surface area contributed by atoms with Crippen LogP contribution < -0.4 is 21.9 Å². The lowest BCUT2D eigenvalue weighted by Crippen LogP contribution is -2.57. The number of fused-ring (bicyclic) bond motifs is 1. The summed E-state index contributed by atoms with van der Waals surface area (Å²) in [6, 6.07) is 4.46. The molecule has 1 aromatic heterocycles. The quantitative estimate of drug-likeness (QED) is 0.617. The van der Waals surface area contributed by atoms with Crippen LogP contribution in [-0.4, -0.2) is 65.3 Å². The minimum Gasteiger partial charge on any atom is -0.353 e. The van der Waals surface area contributed by atoms with Crippen molar-refractivity contribution in [1.82, 2.24) is 25.1 Å². The zero-order valence-electron chi connectivity index (χ0n) is 15.3. The summed E-state index contributed by atoms with van der Waals surface area (Å²) in [7, 11) is 0. The maximum atomic E-state index is 13.4. The molecule has 0 aliphatic carbocycles. The van der Waals surface area contributed by atoms with Crippen LogP contribution in [0.4, 0.5) is 13.2 Å². The third-order valence-electron chi connectivity index (χ3n) is 4.65. The Hall–Kier alpha value is -2.37. The summed E-state index contributed by atoms with van der Waals surface area (Å²) < 4.78 is 40.8. The van der Waals surface area contributed by atoms with Crippen LogP contribution in [0, 0.1) is 0 Å². The van der Waals surface area contributed by atoms with Gasteiger partial charge in [-0.1, -0.05) is 12.1 Å². The van der Waals surface area contributed by atoms with Gasteiger partial charge in [0.2, 0.25) is 5.91 Å². The Balaban J connectivity index is 0.00000300. The van der Waals surface area contributed by atoms with Crippen LogP contribution in [-0.2, 0) is 11.3 Å². The predicted molar refractivity (Wildman–Crippen MR) is 103 cm³/mol. The highest BCUT2D eigenvalue weighted by Gasteiger charge is 2.43. The summed E-state index contributed by atoms with van der Waals surface area (Å²) in [6.07, 6.45) is -4.51. The number of alkyl halides is 3. The van der Waals surface area contributed by atoms with E-state index >= 15 is 0 Å². The van der Waals surface area contributed by atoms with Crippen molar-refractivity contribution in [3.8, 4) is 0 Å². The number of para-hydroxylation sites is 1. The molecule has 3 rings (SSSR count). The number of aromatic amines is 1. The second kappa shape index (κ2) is 9.42. The fourth-order valence-electron chi connectivity index (χ4n) is 3.20. The Morgan fingerprint density at radius 1 is 1.17 bits per heavy atom. The third kappa shape index (κ3) is 5.37. The summed E-state index contributed by atoms with van der Waals surface area (Å²) in [5, 5.41) is 5.39. The standard InChI is InChI=1S/C17H20F3N5O3.ClH/c18-17(19,20)13(24-7-5-21-6-8-24)9-22-14(26)10-25-15(27)11-3-1-2-4-12(11)23-16(25)28;/h1-4,13,21H,5-10H2,(H,22,26)(H,23,28);1H. The van der Waals surface area contributed by atoms with Crippen molar-refractivity contribution in [2.45, 2.75) is 18.8 Å². The van der Waals surface area contributed by atoms with Gasteiger partial charge in [-0.3, -0.25) is 19.1 Å². The number of nitrogens with one attached hydrogen (secondary N) is 3. The van der Waals surface area contributed by atoms with Gasteiger partial charge in [0, 0.05) is 32.7 Å². The summed E-state index contributed by atoms with van der Waals surface area (Å²) in [5.74, 6) is -0.840. The maximum absolute atomic E-state index is 13.4. The summed E-state index contributed by atoms with van der Waals surface area (Å²) in [6.45, 7) is -0.0217. The molecule has 0 spiro atoms. The van der Waals surface area contributed by atoms with Crippen molar-refractivity contribution in [2.24, 2.45) is 0 Å². The van der Waals surface area contributed by atoms with Crippen LogP contribution in [0.15, 0.2) is 33.9 Å². The Kier molecular flexibility index (Phi) is 7.44. The molecule has 1 aromatic carbocycles. The van der Waals surface area contributed by atoms with Gasteiger partial charge in [0.1, 0.15) is 12.6 Å². The van der Waals surface area contributed by atoms with Crippen molar-refractivity contribution in [3.05, 3.63) is 45.1 Å². The Bertz CT molecular complexity index is 969. The van der Waals surface area contributed by atoms with Crippen LogP contribution in [0.1, 0.15) is 0 Å². The lowest BCUT2D eigenvalue weighted by Gasteiger charge is -2.35. The third-order valence-corrected chi connectivity index (χ3v) is 4.65. The summed E-state index contributed by atoms with van der Waals surface area (Å²) in [4.78, 5) is 40.3. The number of halogens is 4. The van der Waals surface area contributed by atoms with Gasteiger partial charge in [-0.05, 0) is 12.1 Å². The van der Waals surface area contributed by atoms with Gasteiger partial charge in [-0.15, -0.1) is 12.4 Å². The van der Waals surface area contributed by atoms with E-state index in [1.165, 1.54) is 11.0 Å². The van der Waals surface area contributed by atoms with Crippen molar-refractivity contribution in [3.63, 3.8) is 0 Å². The van der Waals surface area contributed by atoms with Crippen molar-refractivity contribution in [1.29, 1.82) is 0 Å². The van der Waals surface area contributed by atoms with Gasteiger partial charge in [-0.25, -0.2) is 4.79 Å². The lowest BCUT2D eigenvalue weighted by atomic mass is 10.2. The zero-order valence-corrected chi connectivity index (χ0v) is 16.1. The van der Waals surface area contributed by atoms with E-state index in [9.17, 15) is 27.6 Å². The molecular formula is C17H21ClF3N5O3. The second-order valence-corrected chi connectivity index (χ2v) is 6.51. The van der Waals surface area contributed by atoms with E-state index in [-0.39, 0.29) is 30.9 Å². The number of carbonyl (C=O) groups is 1. The normalized spacial score (nSPS) is 16.2.